The van der Waals surface area contributed by atoms with E-state index in [1.165, 1.54) is 5.57 Å². The van der Waals surface area contributed by atoms with E-state index in [4.69, 9.17) is 4.74 Å². The van der Waals surface area contributed by atoms with E-state index >= 15 is 0 Å². The zero-order chi connectivity index (χ0) is 16.5. The molecule has 1 N–H and O–H groups in total. The van der Waals surface area contributed by atoms with Gasteiger partial charge in [0.05, 0.1) is 19.1 Å². The molecule has 2 fully saturated rings. The fourth-order valence-electron chi connectivity index (χ4n) is 3.54. The average Bonchev–Trinajstić information content (AvgIpc) is 2.97. The highest BCUT2D eigenvalue weighted by Crippen LogP contribution is 2.59. The van der Waals surface area contributed by atoms with Crippen molar-refractivity contribution < 1.29 is 9.53 Å². The lowest BCUT2D eigenvalue weighted by atomic mass is 10.0. The molecule has 126 valence electrons. The number of nitrogens with one attached hydrogen (secondary N) is 1. The highest BCUT2D eigenvalue weighted by Gasteiger charge is 2.60. The number of allylic oxidation sites excluding steroid dienone is 2. The van der Waals surface area contributed by atoms with Gasteiger partial charge >= 0.3 is 0 Å². The molecule has 2 rings (SSSR count). The Kier molecular flexibility index (Phi) is 5.03. The first kappa shape index (κ1) is 17.5. The van der Waals surface area contributed by atoms with Gasteiger partial charge in [-0.25, -0.2) is 0 Å². The lowest BCUT2D eigenvalue weighted by molar-refractivity contribution is -0.123. The van der Waals surface area contributed by atoms with Crippen LogP contribution in [0.2, 0.25) is 0 Å². The van der Waals surface area contributed by atoms with Crippen molar-refractivity contribution in [3.05, 3.63) is 11.6 Å². The Labute approximate surface area is 135 Å². The van der Waals surface area contributed by atoms with Crippen molar-refractivity contribution in [3.8, 4) is 0 Å². The highest BCUT2D eigenvalue weighted by molar-refractivity contribution is 5.83. The number of ether oxygens (including phenoxy) is 1. The van der Waals surface area contributed by atoms with Gasteiger partial charge < -0.3 is 10.1 Å². The van der Waals surface area contributed by atoms with Gasteiger partial charge in [0.25, 0.3) is 0 Å². The lowest BCUT2D eigenvalue weighted by Gasteiger charge is -2.40. The van der Waals surface area contributed by atoms with E-state index in [2.05, 4.69) is 57.8 Å². The van der Waals surface area contributed by atoms with Gasteiger partial charge in [-0.05, 0) is 39.0 Å². The minimum atomic E-state index is -0.0233. The first-order valence-corrected chi connectivity index (χ1v) is 8.42. The monoisotopic (exact) mass is 308 g/mol. The first-order valence-electron chi connectivity index (χ1n) is 8.42. The molecule has 1 aliphatic carbocycles. The zero-order valence-corrected chi connectivity index (χ0v) is 15.0. The molecule has 2 aliphatic rings. The van der Waals surface area contributed by atoms with E-state index in [1.54, 1.807) is 0 Å². The van der Waals surface area contributed by atoms with Crippen molar-refractivity contribution in [2.75, 3.05) is 32.8 Å². The van der Waals surface area contributed by atoms with Crippen molar-refractivity contribution in [2.45, 2.75) is 47.1 Å². The van der Waals surface area contributed by atoms with Crippen LogP contribution in [-0.4, -0.2) is 49.2 Å². The van der Waals surface area contributed by atoms with Crippen LogP contribution in [0.1, 0.15) is 41.5 Å². The maximum atomic E-state index is 12.6. The largest absolute Gasteiger partial charge is 0.379 e. The third-order valence-corrected chi connectivity index (χ3v) is 5.27. The number of amides is 1. The lowest BCUT2D eigenvalue weighted by Crippen LogP contribution is -2.55. The quantitative estimate of drug-likeness (QED) is 0.793. The van der Waals surface area contributed by atoms with E-state index < -0.39 is 0 Å². The minimum Gasteiger partial charge on any atom is -0.379 e. The number of carbonyl (C=O) groups excluding carboxylic acids is 1. The van der Waals surface area contributed by atoms with E-state index in [0.717, 1.165) is 26.3 Å². The van der Waals surface area contributed by atoms with Crippen LogP contribution >= 0.6 is 0 Å². The summed E-state index contributed by atoms with van der Waals surface area (Å²) < 4.78 is 5.41. The number of hydrogen-bond acceptors (Lipinski definition) is 3. The molecule has 2 unspecified atom stereocenters. The van der Waals surface area contributed by atoms with Crippen molar-refractivity contribution in [1.82, 2.24) is 10.2 Å². The summed E-state index contributed by atoms with van der Waals surface area (Å²) in [5, 5.41) is 3.19. The van der Waals surface area contributed by atoms with Gasteiger partial charge in [0.1, 0.15) is 0 Å². The van der Waals surface area contributed by atoms with Gasteiger partial charge in [-0.2, -0.15) is 0 Å². The molecule has 1 saturated heterocycles. The molecule has 4 nitrogen and oxygen atoms in total. The van der Waals surface area contributed by atoms with E-state index in [-0.39, 0.29) is 22.8 Å². The molecular weight excluding hydrogens is 276 g/mol. The summed E-state index contributed by atoms with van der Waals surface area (Å²) in [4.78, 5) is 15.0. The normalized spacial score (nSPS) is 28.1. The molecule has 1 saturated carbocycles. The minimum absolute atomic E-state index is 0.0233. The van der Waals surface area contributed by atoms with Crippen LogP contribution in [-0.2, 0) is 9.53 Å². The topological polar surface area (TPSA) is 41.6 Å². The Hall–Kier alpha value is -0.870. The van der Waals surface area contributed by atoms with Crippen molar-refractivity contribution in [3.63, 3.8) is 0 Å². The molecule has 1 aliphatic heterocycles. The standard InChI is InChI=1S/C18H32N2O2/c1-13(2)11-14-15(18(14,5)6)16(21)19-12-17(3,4)20-7-9-22-10-8-20/h11,14-15H,7-10,12H2,1-6H3,(H,19,21). The van der Waals surface area contributed by atoms with Gasteiger partial charge in [-0.3, -0.25) is 9.69 Å². The first-order chi connectivity index (χ1) is 10.2. The second-order valence-corrected chi connectivity index (χ2v) is 8.20. The molecule has 0 aromatic carbocycles. The van der Waals surface area contributed by atoms with Gasteiger partial charge in [0.2, 0.25) is 5.91 Å². The Balaban J connectivity index is 1.89. The Bertz CT molecular complexity index is 444. The van der Waals surface area contributed by atoms with Crippen LogP contribution in [0.4, 0.5) is 0 Å². The highest BCUT2D eigenvalue weighted by atomic mass is 16.5. The molecule has 0 aromatic heterocycles. The molecule has 1 amide bonds. The second-order valence-electron chi connectivity index (χ2n) is 8.20. The molecule has 0 radical (unpaired) electrons. The summed E-state index contributed by atoms with van der Waals surface area (Å²) in [7, 11) is 0. The molecule has 0 spiro atoms. The van der Waals surface area contributed by atoms with Crippen LogP contribution in [0, 0.1) is 17.3 Å². The van der Waals surface area contributed by atoms with Crippen molar-refractivity contribution in [1.29, 1.82) is 0 Å². The summed E-state index contributed by atoms with van der Waals surface area (Å²) in [6.45, 7) is 17.1. The van der Waals surface area contributed by atoms with Crippen molar-refractivity contribution >= 4 is 5.91 Å². The predicted octanol–water partition coefficient (Wildman–Crippen LogP) is 2.45. The number of hydrogen-bond donors (Lipinski definition) is 1. The summed E-state index contributed by atoms with van der Waals surface area (Å²) in [5.74, 6) is 0.695. The number of carbonyl (C=O) groups is 1. The summed E-state index contributed by atoms with van der Waals surface area (Å²) in [6, 6.07) is 0. The number of rotatable bonds is 5. The fraction of sp³-hybridized carbons (Fsp3) is 0.833. The third-order valence-electron chi connectivity index (χ3n) is 5.27. The third kappa shape index (κ3) is 3.72. The molecular formula is C18H32N2O2. The number of nitrogens with zero attached hydrogens (tertiary/aromatic N) is 1. The van der Waals surface area contributed by atoms with Crippen LogP contribution in [0.15, 0.2) is 11.6 Å². The molecule has 22 heavy (non-hydrogen) atoms. The number of morpholine rings is 1. The van der Waals surface area contributed by atoms with Gasteiger partial charge in [0, 0.05) is 25.2 Å². The zero-order valence-electron chi connectivity index (χ0n) is 15.0. The van der Waals surface area contributed by atoms with E-state index in [1.807, 2.05) is 0 Å². The molecule has 0 aromatic rings. The fourth-order valence-corrected chi connectivity index (χ4v) is 3.54. The Morgan fingerprint density at radius 1 is 1.32 bits per heavy atom. The maximum absolute atomic E-state index is 12.6. The van der Waals surface area contributed by atoms with E-state index in [9.17, 15) is 4.79 Å². The molecule has 1 heterocycles. The summed E-state index contributed by atoms with van der Waals surface area (Å²) in [5.41, 5.74) is 1.36. The Morgan fingerprint density at radius 3 is 2.45 bits per heavy atom. The van der Waals surface area contributed by atoms with Crippen LogP contribution < -0.4 is 5.32 Å². The summed E-state index contributed by atoms with van der Waals surface area (Å²) >= 11 is 0. The summed E-state index contributed by atoms with van der Waals surface area (Å²) in [6.07, 6.45) is 2.25. The molecule has 4 heteroatoms. The van der Waals surface area contributed by atoms with E-state index in [0.29, 0.717) is 12.5 Å². The van der Waals surface area contributed by atoms with Gasteiger partial charge in [-0.1, -0.05) is 25.5 Å². The van der Waals surface area contributed by atoms with Crippen LogP contribution in [0.3, 0.4) is 0 Å². The SMILES string of the molecule is CC(C)=CC1C(C(=O)NCC(C)(C)N2CCOCC2)C1(C)C. The van der Waals surface area contributed by atoms with Crippen LogP contribution in [0.5, 0.6) is 0 Å². The smallest absolute Gasteiger partial charge is 0.224 e. The Morgan fingerprint density at radius 2 is 1.91 bits per heavy atom. The second kappa shape index (κ2) is 6.32. The maximum Gasteiger partial charge on any atom is 0.224 e. The van der Waals surface area contributed by atoms with Crippen molar-refractivity contribution in [2.24, 2.45) is 17.3 Å². The average molecular weight is 308 g/mol. The van der Waals surface area contributed by atoms with Gasteiger partial charge in [0.15, 0.2) is 0 Å². The molecule has 0 bridgehead atoms. The van der Waals surface area contributed by atoms with Crippen LogP contribution in [0.25, 0.3) is 0 Å². The predicted molar refractivity (Wildman–Crippen MR) is 89.7 cm³/mol. The molecule has 2 atom stereocenters. The van der Waals surface area contributed by atoms with Gasteiger partial charge in [-0.15, -0.1) is 0 Å².